The molecule has 3 aliphatic carbocycles. The zero-order chi connectivity index (χ0) is 69.2. The van der Waals surface area contributed by atoms with Crippen LogP contribution in [-0.4, -0.2) is 149 Å². The molecular formula is C75H94F2N12O10. The fraction of sp³-hybridized carbons (Fsp3) is 0.547. The van der Waals surface area contributed by atoms with Crippen molar-refractivity contribution in [1.29, 1.82) is 0 Å². The number of likely N-dealkylation sites (tertiary alicyclic amines) is 3. The van der Waals surface area contributed by atoms with E-state index in [1.165, 1.54) is 25.5 Å². The predicted octanol–water partition coefficient (Wildman–Crippen LogP) is 11.4. The number of halogens is 2. The summed E-state index contributed by atoms with van der Waals surface area (Å²) in [6.45, 7) is 16.8. The molecular weight excluding hydrogens is 1270 g/mol. The van der Waals surface area contributed by atoms with E-state index in [0.717, 1.165) is 138 Å². The van der Waals surface area contributed by atoms with Crippen molar-refractivity contribution in [3.63, 3.8) is 0 Å². The quantitative estimate of drug-likeness (QED) is 0.0944. The summed E-state index contributed by atoms with van der Waals surface area (Å²) in [5.74, 6) is -0.673. The van der Waals surface area contributed by atoms with Crippen molar-refractivity contribution in [3.05, 3.63) is 141 Å². The van der Waals surface area contributed by atoms with Gasteiger partial charge in [0.2, 0.25) is 17.7 Å². The van der Waals surface area contributed by atoms with Crippen molar-refractivity contribution in [3.8, 4) is 0 Å². The summed E-state index contributed by atoms with van der Waals surface area (Å²) in [5.41, 5.74) is 9.40. The summed E-state index contributed by atoms with van der Waals surface area (Å²) in [7, 11) is 0. The number of aromatic amines is 1. The molecule has 3 fully saturated rings. The van der Waals surface area contributed by atoms with E-state index in [0.29, 0.717) is 58.1 Å². The zero-order valence-corrected chi connectivity index (χ0v) is 57.6. The van der Waals surface area contributed by atoms with E-state index in [9.17, 15) is 42.3 Å². The van der Waals surface area contributed by atoms with Crippen molar-refractivity contribution in [1.82, 2.24) is 43.8 Å². The average Bonchev–Trinajstić information content (AvgIpc) is 1.58. The third-order valence-corrected chi connectivity index (χ3v) is 20.8. The van der Waals surface area contributed by atoms with E-state index in [2.05, 4.69) is 4.98 Å². The molecule has 0 saturated carbocycles. The van der Waals surface area contributed by atoms with Crippen LogP contribution in [0, 0.1) is 0 Å². The van der Waals surface area contributed by atoms with Gasteiger partial charge in [0.05, 0.1) is 68.1 Å². The number of carbonyl (C=O) groups is 7. The number of rotatable bonds is 15. The molecule has 3 saturated heterocycles. The number of aryl methyl sites for hydroxylation is 4. The van der Waals surface area contributed by atoms with Gasteiger partial charge in [-0.3, -0.25) is 19.2 Å². The van der Waals surface area contributed by atoms with Gasteiger partial charge in [0.15, 0.2) is 5.78 Å². The predicted molar refractivity (Wildman–Crippen MR) is 368 cm³/mol. The van der Waals surface area contributed by atoms with Crippen LogP contribution in [0.2, 0.25) is 0 Å². The van der Waals surface area contributed by atoms with Gasteiger partial charge in [-0.1, -0.05) is 75.9 Å². The Morgan fingerprint density at radius 3 is 1.26 bits per heavy atom. The van der Waals surface area contributed by atoms with E-state index in [1.54, 1.807) is 42.9 Å². The number of aromatic nitrogens is 6. The molecule has 3 spiro atoms. The van der Waals surface area contributed by atoms with Crippen molar-refractivity contribution >= 4 is 58.8 Å². The lowest BCUT2D eigenvalue weighted by Gasteiger charge is -2.46. The number of nitrogens with one attached hydrogen (secondary N) is 1. The Morgan fingerprint density at radius 2 is 0.869 bits per heavy atom. The molecule has 15 rings (SSSR count). The molecule has 24 heteroatoms. The number of nitrogens with zero attached hydrogens (tertiary/aromatic N) is 11. The number of amides is 6. The number of ketones is 1. The Hall–Kier alpha value is -8.96. The van der Waals surface area contributed by atoms with E-state index in [1.807, 2.05) is 117 Å². The molecule has 9 heterocycles. The molecule has 99 heavy (non-hydrogen) atoms. The molecule has 1 N–H and O–H groups in total. The summed E-state index contributed by atoms with van der Waals surface area (Å²) in [5, 5.41) is 0. The molecule has 0 atom stereocenters. The van der Waals surface area contributed by atoms with E-state index in [-0.39, 0.29) is 87.5 Å². The number of imidazole rings is 3. The molecule has 9 aliphatic rings. The average molecular weight is 1360 g/mol. The number of carbonyl (C=O) groups excluding carboxylic acids is 7. The number of alkyl halides is 2. The molecule has 6 aromatic rings. The van der Waals surface area contributed by atoms with Crippen LogP contribution in [0.15, 0.2) is 72.8 Å². The van der Waals surface area contributed by atoms with Crippen LogP contribution in [-0.2, 0) is 121 Å². The van der Waals surface area contributed by atoms with Gasteiger partial charge in [-0.05, 0) is 153 Å². The van der Waals surface area contributed by atoms with Crippen LogP contribution in [0.4, 0.5) is 40.2 Å². The van der Waals surface area contributed by atoms with E-state index < -0.39 is 34.8 Å². The maximum atomic E-state index is 14.5. The van der Waals surface area contributed by atoms with Crippen LogP contribution in [0.25, 0.3) is 0 Å². The van der Waals surface area contributed by atoms with Gasteiger partial charge in [-0.15, -0.1) is 0 Å². The number of benzene rings is 3. The Bertz CT molecular complexity index is 4070. The third kappa shape index (κ3) is 12.9. The molecule has 3 aromatic carbocycles. The standard InChI is InChI=1S/C26H32F2N4O3.C26H32N4O4.C22H26N4O3.CH4/c1-4-26(27,28)16-32-21-12-8-6-10-19(21)29-22(32)13-31-20-11-7-5-9-18(20)25(23(31)33)14-30(15-25)24(34)35-17(2)3;1-4-18(31)13-29-22-12-8-6-10-20(22)27-23(29)14-30-21-11-7-5-9-19(21)26(24(30)32)15-28(16-26)25(33)34-17(2)3;1-14(2)29-21(28)25-12-22(13-25)15-7-3-6-10-18(15)26(20(22)27)11-19-23-16-8-4-5-9-17(16)24-19;/h5,7,9,11,17H,4,6,8,10,12-16H2,1-3H3;5,7,9,11,17H,4,6,8,10,12-16H2,1-3H3;3,6-7,10,14H,4-5,8-9,11-13H2,1-2H3,(H,23,24);1H4. The minimum atomic E-state index is -2.85. The van der Waals surface area contributed by atoms with Crippen LogP contribution in [0.1, 0.15) is 183 Å². The minimum absolute atomic E-state index is 0. The van der Waals surface area contributed by atoms with Gasteiger partial charge >= 0.3 is 18.3 Å². The van der Waals surface area contributed by atoms with Crippen molar-refractivity contribution < 1.29 is 56.6 Å². The maximum Gasteiger partial charge on any atom is 0.410 e. The number of fused-ring (bicyclic) bond motifs is 9. The number of hydrogen-bond acceptors (Lipinski definition) is 13. The zero-order valence-electron chi connectivity index (χ0n) is 57.6. The molecule has 6 aliphatic heterocycles. The highest BCUT2D eigenvalue weighted by Gasteiger charge is 2.62. The summed E-state index contributed by atoms with van der Waals surface area (Å²) >= 11 is 0. The van der Waals surface area contributed by atoms with Gasteiger partial charge in [-0.2, -0.15) is 0 Å². The maximum absolute atomic E-state index is 14.5. The second kappa shape index (κ2) is 27.6. The van der Waals surface area contributed by atoms with Gasteiger partial charge in [0, 0.05) is 86.3 Å². The first-order chi connectivity index (χ1) is 47.0. The molecule has 0 radical (unpaired) electrons. The highest BCUT2D eigenvalue weighted by molar-refractivity contribution is 6.11. The van der Waals surface area contributed by atoms with Gasteiger partial charge in [-0.25, -0.2) is 38.1 Å². The SMILES string of the molecule is C.CC(C)OC(=O)N1CC2(C1)C(=O)N(Cc1nc3c([nH]1)CCCC3)c1ccccc12.CCC(=O)Cn1c(CN2C(=O)C3(CN(C(=O)OC(C)C)C3)c3ccccc32)nc2c1CCCC2.CCC(F)(F)Cn1c(CN2C(=O)C3(CN(C(=O)OC(C)C)C3)c3ccccc32)nc2c1CCCC2. The van der Waals surface area contributed by atoms with Crippen LogP contribution in [0.3, 0.4) is 0 Å². The number of H-pyrrole nitrogens is 1. The van der Waals surface area contributed by atoms with Crippen molar-refractivity contribution in [2.75, 3.05) is 54.0 Å². The van der Waals surface area contributed by atoms with Gasteiger partial charge < -0.3 is 57.7 Å². The first kappa shape index (κ1) is 69.9. The number of para-hydroxylation sites is 3. The fourth-order valence-electron chi connectivity index (χ4n) is 15.8. The van der Waals surface area contributed by atoms with Crippen LogP contribution < -0.4 is 14.7 Å². The van der Waals surface area contributed by atoms with Crippen LogP contribution in [0.5, 0.6) is 0 Å². The van der Waals surface area contributed by atoms with Gasteiger partial charge in [0.25, 0.3) is 5.92 Å². The highest BCUT2D eigenvalue weighted by atomic mass is 19.3. The first-order valence-electron chi connectivity index (χ1n) is 35.2. The molecule has 0 bridgehead atoms. The minimum Gasteiger partial charge on any atom is -0.447 e. The van der Waals surface area contributed by atoms with Crippen molar-refractivity contribution in [2.45, 2.75) is 226 Å². The lowest BCUT2D eigenvalue weighted by atomic mass is 9.75. The summed E-state index contributed by atoms with van der Waals surface area (Å²) in [6, 6.07) is 23.3. The Labute approximate surface area is 577 Å². The number of hydrogen-bond donors (Lipinski definition) is 1. The molecule has 3 aromatic heterocycles. The van der Waals surface area contributed by atoms with Crippen molar-refractivity contribution in [2.24, 2.45) is 0 Å². The molecule has 22 nitrogen and oxygen atoms in total. The van der Waals surface area contributed by atoms with E-state index >= 15 is 0 Å². The number of Topliss-reactive ketones (excluding diaryl/α,β-unsaturated/α-hetero) is 1. The number of ether oxygens (including phenoxy) is 3. The normalized spacial score (nSPS) is 18.5. The summed E-state index contributed by atoms with van der Waals surface area (Å²) < 4.78 is 48.7. The van der Waals surface area contributed by atoms with E-state index in [4.69, 9.17) is 29.2 Å². The second-order valence-electron chi connectivity index (χ2n) is 28.7. The molecule has 528 valence electrons. The monoisotopic (exact) mass is 1360 g/mol. The lowest BCUT2D eigenvalue weighted by molar-refractivity contribution is -0.129. The first-order valence-corrected chi connectivity index (χ1v) is 35.2. The van der Waals surface area contributed by atoms with Gasteiger partial charge in [0.1, 0.15) is 33.7 Å². The summed E-state index contributed by atoms with van der Waals surface area (Å²) in [6.07, 6.45) is 10.3. The Balaban J connectivity index is 0.000000141. The smallest absolute Gasteiger partial charge is 0.410 e. The molecule has 0 unspecified atom stereocenters. The fourth-order valence-corrected chi connectivity index (χ4v) is 15.8. The Morgan fingerprint density at radius 1 is 0.505 bits per heavy atom. The largest absolute Gasteiger partial charge is 0.447 e. The highest BCUT2D eigenvalue weighted by Crippen LogP contribution is 2.51. The Kier molecular flexibility index (Phi) is 19.5. The summed E-state index contributed by atoms with van der Waals surface area (Å²) in [4.78, 5) is 118. The lowest BCUT2D eigenvalue weighted by Crippen LogP contribution is -2.65. The molecule has 6 amide bonds. The van der Waals surface area contributed by atoms with Crippen LogP contribution >= 0.6 is 0 Å². The number of anilines is 3. The topological polar surface area (TPSA) is 231 Å². The second-order valence-corrected chi connectivity index (χ2v) is 28.7. The third-order valence-electron chi connectivity index (χ3n) is 20.8.